The number of carboxylic acid groups (broad SMARTS) is 1. The number of aromatic nitrogens is 1. The van der Waals surface area contributed by atoms with Gasteiger partial charge in [0.2, 0.25) is 0 Å². The number of fused-ring (bicyclic) bond motifs is 1. The van der Waals surface area contributed by atoms with E-state index in [0.717, 1.165) is 4.88 Å². The zero-order chi connectivity index (χ0) is 24.5. The summed E-state index contributed by atoms with van der Waals surface area (Å²) in [7, 11) is 0. The molecular weight excluding hydrogens is 482 g/mol. The van der Waals surface area contributed by atoms with Gasteiger partial charge >= 0.3 is 5.97 Å². The fourth-order valence-electron chi connectivity index (χ4n) is 3.92. The number of amides is 1. The number of allylic oxidation sites excluding steroid dienone is 1. The van der Waals surface area contributed by atoms with Crippen molar-refractivity contribution in [2.75, 3.05) is 5.32 Å². The lowest BCUT2D eigenvalue weighted by Crippen LogP contribution is -2.40. The summed E-state index contributed by atoms with van der Waals surface area (Å²) >= 11 is 2.71. The third-order valence-electron chi connectivity index (χ3n) is 5.57. The first kappa shape index (κ1) is 22.7. The number of rotatable bonds is 5. The minimum atomic E-state index is -1.01. The first-order valence-corrected chi connectivity index (χ1v) is 12.4. The van der Waals surface area contributed by atoms with Crippen molar-refractivity contribution in [2.45, 2.75) is 13.0 Å². The highest BCUT2D eigenvalue weighted by molar-refractivity contribution is 7.10. The predicted octanol–water partition coefficient (Wildman–Crippen LogP) is 3.63. The van der Waals surface area contributed by atoms with E-state index in [9.17, 15) is 14.4 Å². The molecule has 1 amide bonds. The molecule has 7 nitrogen and oxygen atoms in total. The summed E-state index contributed by atoms with van der Waals surface area (Å²) < 4.78 is 2.02. The van der Waals surface area contributed by atoms with Crippen LogP contribution in [-0.4, -0.2) is 21.6 Å². The Kier molecular flexibility index (Phi) is 6.02. The number of hydrogen-bond acceptors (Lipinski definition) is 6. The number of carbonyl (C=O) groups excluding carboxylic acids is 1. The smallest absolute Gasteiger partial charge is 0.335 e. The second kappa shape index (κ2) is 9.28. The second-order valence-electron chi connectivity index (χ2n) is 7.84. The molecule has 1 aliphatic rings. The number of benzene rings is 2. The van der Waals surface area contributed by atoms with Gasteiger partial charge in [-0.25, -0.2) is 9.79 Å². The first-order valence-electron chi connectivity index (χ1n) is 10.7. The quantitative estimate of drug-likeness (QED) is 0.436. The third-order valence-corrected chi connectivity index (χ3v) is 7.47. The average Bonchev–Trinajstić information content (AvgIpc) is 3.48. The van der Waals surface area contributed by atoms with Gasteiger partial charge in [0.25, 0.3) is 11.5 Å². The van der Waals surface area contributed by atoms with Crippen molar-refractivity contribution in [2.24, 2.45) is 4.99 Å². The first-order chi connectivity index (χ1) is 16.9. The molecule has 0 aliphatic carbocycles. The summed E-state index contributed by atoms with van der Waals surface area (Å²) in [6, 6.07) is 18.7. The topological polar surface area (TPSA) is 101 Å². The molecule has 0 radical (unpaired) electrons. The van der Waals surface area contributed by atoms with Crippen LogP contribution in [0, 0.1) is 0 Å². The van der Waals surface area contributed by atoms with E-state index in [2.05, 4.69) is 10.3 Å². The van der Waals surface area contributed by atoms with Crippen molar-refractivity contribution in [3.05, 3.63) is 119 Å². The monoisotopic (exact) mass is 501 g/mol. The summed E-state index contributed by atoms with van der Waals surface area (Å²) in [4.78, 5) is 44.1. The third kappa shape index (κ3) is 4.39. The molecular formula is C26H19N3O4S2. The number of hydrogen-bond donors (Lipinski definition) is 2. The molecule has 0 fully saturated rings. The number of nitrogens with zero attached hydrogens (tertiary/aromatic N) is 2. The lowest BCUT2D eigenvalue weighted by atomic mass is 10.0. The number of carbonyl (C=O) groups is 2. The van der Waals surface area contributed by atoms with E-state index in [4.69, 9.17) is 5.11 Å². The van der Waals surface area contributed by atoms with Crippen LogP contribution in [0.3, 0.4) is 0 Å². The number of para-hydroxylation sites is 1. The summed E-state index contributed by atoms with van der Waals surface area (Å²) in [5, 5.41) is 14.0. The van der Waals surface area contributed by atoms with Crippen molar-refractivity contribution in [3.63, 3.8) is 0 Å². The lowest BCUT2D eigenvalue weighted by Gasteiger charge is -2.24. The van der Waals surface area contributed by atoms with Crippen molar-refractivity contribution in [1.29, 1.82) is 0 Å². The number of thiophene rings is 1. The molecule has 0 saturated carbocycles. The van der Waals surface area contributed by atoms with Gasteiger partial charge in [0, 0.05) is 10.6 Å². The van der Waals surface area contributed by atoms with Gasteiger partial charge in [0.15, 0.2) is 4.80 Å². The maximum atomic E-state index is 13.6. The standard InChI is InChI=1S/C26H19N3O4S2/c1-15-21(23(30)28-18-6-3-2-4-7-18)22(19-8-5-13-34-19)29-24(31)20(35-26(29)27-15)14-16-9-11-17(12-10-16)25(32)33/h2-14,22H,1H3,(H,28,30)(H,32,33)/b20-14-/t22-/m0/s1. The maximum absolute atomic E-state index is 13.6. The highest BCUT2D eigenvalue weighted by Crippen LogP contribution is 2.33. The fourth-order valence-corrected chi connectivity index (χ4v) is 5.79. The molecule has 0 spiro atoms. The Hall–Kier alpha value is -4.08. The Morgan fingerprint density at radius 3 is 2.46 bits per heavy atom. The zero-order valence-electron chi connectivity index (χ0n) is 18.5. The Balaban J connectivity index is 1.62. The molecule has 174 valence electrons. The highest BCUT2D eigenvalue weighted by Gasteiger charge is 2.33. The van der Waals surface area contributed by atoms with Crippen LogP contribution in [0.1, 0.15) is 33.8 Å². The van der Waals surface area contributed by atoms with Crippen molar-refractivity contribution in [3.8, 4) is 0 Å². The summed E-state index contributed by atoms with van der Waals surface area (Å²) in [6.07, 6.45) is 1.71. The normalized spacial score (nSPS) is 15.5. The van der Waals surface area contributed by atoms with Crippen molar-refractivity contribution in [1.82, 2.24) is 4.57 Å². The lowest BCUT2D eigenvalue weighted by molar-refractivity contribution is -0.113. The largest absolute Gasteiger partial charge is 0.478 e. The summed E-state index contributed by atoms with van der Waals surface area (Å²) in [5.74, 6) is -1.32. The zero-order valence-corrected chi connectivity index (χ0v) is 20.1. The molecule has 5 rings (SSSR count). The van der Waals surface area contributed by atoms with Gasteiger partial charge in [-0.05, 0) is 54.3 Å². The van der Waals surface area contributed by atoms with Crippen LogP contribution in [0.25, 0.3) is 6.08 Å². The van der Waals surface area contributed by atoms with Crippen LogP contribution in [-0.2, 0) is 4.79 Å². The molecule has 35 heavy (non-hydrogen) atoms. The Morgan fingerprint density at radius 1 is 1.06 bits per heavy atom. The fraction of sp³-hybridized carbons (Fsp3) is 0.0769. The molecule has 1 atom stereocenters. The minimum absolute atomic E-state index is 0.172. The molecule has 1 aliphatic heterocycles. The van der Waals surface area contributed by atoms with Crippen LogP contribution in [0.15, 0.2) is 93.2 Å². The van der Waals surface area contributed by atoms with Gasteiger partial charge in [0.1, 0.15) is 6.04 Å². The van der Waals surface area contributed by atoms with E-state index < -0.39 is 12.0 Å². The van der Waals surface area contributed by atoms with Crippen molar-refractivity contribution >= 4 is 46.3 Å². The Bertz CT molecular complexity index is 1630. The molecule has 0 saturated heterocycles. The van der Waals surface area contributed by atoms with Crippen LogP contribution < -0.4 is 20.2 Å². The number of carboxylic acids is 1. The van der Waals surface area contributed by atoms with Gasteiger partial charge < -0.3 is 10.4 Å². The summed E-state index contributed by atoms with van der Waals surface area (Å²) in [6.45, 7) is 1.78. The van der Waals surface area contributed by atoms with Gasteiger partial charge in [-0.1, -0.05) is 47.7 Å². The molecule has 2 N–H and O–H groups in total. The minimum Gasteiger partial charge on any atom is -0.478 e. The molecule has 0 bridgehead atoms. The van der Waals surface area contributed by atoms with Crippen LogP contribution in [0.5, 0.6) is 0 Å². The van der Waals surface area contributed by atoms with Gasteiger partial charge in [-0.15, -0.1) is 11.3 Å². The van der Waals surface area contributed by atoms with Gasteiger partial charge in [-0.3, -0.25) is 14.2 Å². The van der Waals surface area contributed by atoms with E-state index in [0.29, 0.717) is 31.9 Å². The molecule has 3 heterocycles. The van der Waals surface area contributed by atoms with E-state index >= 15 is 0 Å². The van der Waals surface area contributed by atoms with E-state index in [1.807, 2.05) is 35.7 Å². The predicted molar refractivity (Wildman–Crippen MR) is 137 cm³/mol. The van der Waals surface area contributed by atoms with Crippen molar-refractivity contribution < 1.29 is 14.7 Å². The van der Waals surface area contributed by atoms with Crippen LogP contribution >= 0.6 is 22.7 Å². The van der Waals surface area contributed by atoms with E-state index in [-0.39, 0.29) is 17.0 Å². The second-order valence-corrected chi connectivity index (χ2v) is 9.83. The van der Waals surface area contributed by atoms with Gasteiger partial charge in [0.05, 0.1) is 21.4 Å². The Morgan fingerprint density at radius 2 is 1.80 bits per heavy atom. The number of anilines is 1. The molecule has 0 unspecified atom stereocenters. The average molecular weight is 502 g/mol. The Labute approximate surface area is 207 Å². The number of thiazole rings is 1. The molecule has 2 aromatic heterocycles. The summed E-state index contributed by atoms with van der Waals surface area (Å²) in [5.41, 5.74) is 2.24. The SMILES string of the molecule is CC1=C(C(=O)Nc2ccccc2)[C@H](c2cccs2)n2c(s/c(=C\c3ccc(C(=O)O)cc3)c2=O)=N1. The number of nitrogens with one attached hydrogen (secondary N) is 1. The van der Waals surface area contributed by atoms with E-state index in [1.165, 1.54) is 34.8 Å². The molecule has 4 aromatic rings. The van der Waals surface area contributed by atoms with E-state index in [1.54, 1.807) is 41.8 Å². The molecule has 9 heteroatoms. The van der Waals surface area contributed by atoms with Gasteiger partial charge in [-0.2, -0.15) is 0 Å². The molecule has 2 aromatic carbocycles. The maximum Gasteiger partial charge on any atom is 0.335 e. The highest BCUT2D eigenvalue weighted by atomic mass is 32.1. The van der Waals surface area contributed by atoms with Crippen LogP contribution in [0.2, 0.25) is 0 Å². The number of aromatic carboxylic acids is 1. The van der Waals surface area contributed by atoms with Crippen LogP contribution in [0.4, 0.5) is 5.69 Å².